The Balaban J connectivity index is 3.52. The number of hydrogen-bond acceptors (Lipinski definition) is 5. The van der Waals surface area contributed by atoms with Crippen LogP contribution in [-0.2, 0) is 19.1 Å². The van der Waals surface area contributed by atoms with Crippen LogP contribution >= 0.6 is 0 Å². The minimum Gasteiger partial charge on any atom is -0.459 e. The molecule has 0 heterocycles. The molecule has 0 saturated carbocycles. The lowest BCUT2D eigenvalue weighted by atomic mass is 10.5. The van der Waals surface area contributed by atoms with Crippen LogP contribution in [0.3, 0.4) is 0 Å². The quantitative estimate of drug-likeness (QED) is 0.448. The Kier molecular flexibility index (Phi) is 5.89. The molecule has 0 aromatic carbocycles. The molecule has 0 radical (unpaired) electrons. The normalized spacial score (nSPS) is 8.23. The number of carbonyl (C=O) groups excluding carboxylic acids is 2. The smallest absolute Gasteiger partial charge is 0.344 e. The molecule has 0 spiro atoms. The van der Waals surface area contributed by atoms with Crippen LogP contribution in [-0.4, -0.2) is 25.2 Å². The summed E-state index contributed by atoms with van der Waals surface area (Å²) in [4.78, 5) is 21.2. The zero-order valence-corrected chi connectivity index (χ0v) is 6.99. The Bertz CT molecular complexity index is 241. The molecule has 0 rings (SSSR count). The van der Waals surface area contributed by atoms with Gasteiger partial charge in [-0.3, -0.25) is 4.79 Å². The van der Waals surface area contributed by atoms with Crippen LogP contribution in [0.15, 0.2) is 12.7 Å². The molecule has 0 aromatic heterocycles. The minimum absolute atomic E-state index is 0.0780. The summed E-state index contributed by atoms with van der Waals surface area (Å²) in [5, 5.41) is 8.06. The van der Waals surface area contributed by atoms with E-state index in [0.717, 1.165) is 0 Å². The van der Waals surface area contributed by atoms with Gasteiger partial charge < -0.3 is 9.47 Å². The molecule has 5 nitrogen and oxygen atoms in total. The second-order valence-corrected chi connectivity index (χ2v) is 1.97. The Morgan fingerprint density at radius 2 is 2.08 bits per heavy atom. The lowest BCUT2D eigenvalue weighted by Crippen LogP contribution is -2.16. The van der Waals surface area contributed by atoms with Crippen molar-refractivity contribution in [2.45, 2.75) is 6.42 Å². The lowest BCUT2D eigenvalue weighted by molar-refractivity contribution is -0.157. The molecule has 0 atom stereocenters. The first-order valence-corrected chi connectivity index (χ1v) is 3.49. The molecule has 0 fully saturated rings. The van der Waals surface area contributed by atoms with E-state index < -0.39 is 18.5 Å². The van der Waals surface area contributed by atoms with Crippen molar-refractivity contribution >= 4 is 11.9 Å². The van der Waals surface area contributed by atoms with Crippen LogP contribution in [0.1, 0.15) is 6.42 Å². The summed E-state index contributed by atoms with van der Waals surface area (Å²) in [6.45, 7) is 2.94. The SMILES string of the molecule is C=CCOC(=O)COC(=O)CC#N. The first kappa shape index (κ1) is 11.2. The van der Waals surface area contributed by atoms with E-state index >= 15 is 0 Å². The number of nitriles is 1. The topological polar surface area (TPSA) is 76.4 Å². The fraction of sp³-hybridized carbons (Fsp3) is 0.375. The van der Waals surface area contributed by atoms with Crippen molar-refractivity contribution in [3.05, 3.63) is 12.7 Å². The van der Waals surface area contributed by atoms with Crippen molar-refractivity contribution in [3.8, 4) is 6.07 Å². The Morgan fingerprint density at radius 1 is 1.38 bits per heavy atom. The molecule has 0 aliphatic heterocycles. The van der Waals surface area contributed by atoms with Crippen molar-refractivity contribution in [1.29, 1.82) is 5.26 Å². The fourth-order valence-corrected chi connectivity index (χ4v) is 0.449. The van der Waals surface area contributed by atoms with Gasteiger partial charge in [0.15, 0.2) is 6.61 Å². The maximum Gasteiger partial charge on any atom is 0.344 e. The van der Waals surface area contributed by atoms with Crippen molar-refractivity contribution in [1.82, 2.24) is 0 Å². The van der Waals surface area contributed by atoms with Gasteiger partial charge in [-0.25, -0.2) is 4.79 Å². The van der Waals surface area contributed by atoms with Gasteiger partial charge in [-0.05, 0) is 0 Å². The fourth-order valence-electron chi connectivity index (χ4n) is 0.449. The molecule has 0 bridgehead atoms. The van der Waals surface area contributed by atoms with Crippen LogP contribution in [0, 0.1) is 11.3 Å². The van der Waals surface area contributed by atoms with E-state index in [1.54, 1.807) is 6.07 Å². The second kappa shape index (κ2) is 6.85. The molecular weight excluding hydrogens is 174 g/mol. The van der Waals surface area contributed by atoms with Crippen LogP contribution in [0.4, 0.5) is 0 Å². The molecular formula is C8H9NO4. The predicted octanol–water partition coefficient (Wildman–Crippen LogP) is 0.172. The molecule has 13 heavy (non-hydrogen) atoms. The highest BCUT2D eigenvalue weighted by molar-refractivity contribution is 5.77. The van der Waals surface area contributed by atoms with Gasteiger partial charge in [-0.1, -0.05) is 12.7 Å². The maximum atomic E-state index is 10.7. The van der Waals surface area contributed by atoms with Gasteiger partial charge in [0.25, 0.3) is 0 Å². The maximum absolute atomic E-state index is 10.7. The average molecular weight is 183 g/mol. The van der Waals surface area contributed by atoms with Crippen LogP contribution in [0.5, 0.6) is 0 Å². The second-order valence-electron chi connectivity index (χ2n) is 1.97. The van der Waals surface area contributed by atoms with Crippen molar-refractivity contribution in [3.63, 3.8) is 0 Å². The molecule has 70 valence electrons. The Morgan fingerprint density at radius 3 is 2.62 bits per heavy atom. The minimum atomic E-state index is -0.738. The number of nitrogens with zero attached hydrogens (tertiary/aromatic N) is 1. The van der Waals surface area contributed by atoms with Crippen molar-refractivity contribution in [2.24, 2.45) is 0 Å². The van der Waals surface area contributed by atoms with E-state index in [1.807, 2.05) is 0 Å². The Hall–Kier alpha value is -1.83. The molecule has 5 heteroatoms. The molecule has 0 aromatic rings. The van der Waals surface area contributed by atoms with Gasteiger partial charge >= 0.3 is 11.9 Å². The highest BCUT2D eigenvalue weighted by Crippen LogP contribution is 1.86. The molecule has 0 aliphatic rings. The lowest BCUT2D eigenvalue weighted by Gasteiger charge is -2.01. The van der Waals surface area contributed by atoms with Gasteiger partial charge in [0, 0.05) is 0 Å². The summed E-state index contributed by atoms with van der Waals surface area (Å²) < 4.78 is 8.87. The third kappa shape index (κ3) is 6.56. The van der Waals surface area contributed by atoms with Gasteiger partial charge in [-0.15, -0.1) is 0 Å². The van der Waals surface area contributed by atoms with E-state index in [0.29, 0.717) is 0 Å². The first-order valence-electron chi connectivity index (χ1n) is 3.49. The zero-order valence-electron chi connectivity index (χ0n) is 6.99. The van der Waals surface area contributed by atoms with E-state index in [-0.39, 0.29) is 13.0 Å². The summed E-state index contributed by atoms with van der Waals surface area (Å²) in [6, 6.07) is 1.59. The summed E-state index contributed by atoms with van der Waals surface area (Å²) in [6.07, 6.45) is 1.03. The molecule has 0 unspecified atom stereocenters. The van der Waals surface area contributed by atoms with E-state index in [9.17, 15) is 9.59 Å². The van der Waals surface area contributed by atoms with E-state index in [4.69, 9.17) is 5.26 Å². The number of rotatable bonds is 5. The van der Waals surface area contributed by atoms with Gasteiger partial charge in [0.2, 0.25) is 0 Å². The summed E-state index contributed by atoms with van der Waals surface area (Å²) >= 11 is 0. The number of ether oxygens (including phenoxy) is 2. The summed E-state index contributed by atoms with van der Waals surface area (Å²) in [5.74, 6) is -1.40. The van der Waals surface area contributed by atoms with Crippen LogP contribution < -0.4 is 0 Å². The number of hydrogen-bond donors (Lipinski definition) is 0. The third-order valence-corrected chi connectivity index (χ3v) is 0.937. The van der Waals surface area contributed by atoms with Crippen LogP contribution in [0.25, 0.3) is 0 Å². The Labute approximate surface area is 75.5 Å². The van der Waals surface area contributed by atoms with E-state index in [2.05, 4.69) is 16.1 Å². The molecule has 0 saturated heterocycles. The van der Waals surface area contributed by atoms with E-state index in [1.165, 1.54) is 6.08 Å². The largest absolute Gasteiger partial charge is 0.459 e. The standard InChI is InChI=1S/C8H9NO4/c1-2-5-12-8(11)6-13-7(10)3-4-9/h2H,1,3,5-6H2. The van der Waals surface area contributed by atoms with Gasteiger partial charge in [-0.2, -0.15) is 5.26 Å². The van der Waals surface area contributed by atoms with Gasteiger partial charge in [0.1, 0.15) is 13.0 Å². The predicted molar refractivity (Wildman–Crippen MR) is 42.3 cm³/mol. The highest BCUT2D eigenvalue weighted by Gasteiger charge is 2.06. The molecule has 0 N–H and O–H groups in total. The number of esters is 2. The van der Waals surface area contributed by atoms with Crippen molar-refractivity contribution in [2.75, 3.05) is 13.2 Å². The summed E-state index contributed by atoms with van der Waals surface area (Å²) in [5.41, 5.74) is 0. The average Bonchev–Trinajstić information content (AvgIpc) is 2.12. The molecule has 0 amide bonds. The zero-order chi connectivity index (χ0) is 10.1. The van der Waals surface area contributed by atoms with Crippen LogP contribution in [0.2, 0.25) is 0 Å². The number of carbonyl (C=O) groups is 2. The molecule has 0 aliphatic carbocycles. The van der Waals surface area contributed by atoms with Crippen molar-refractivity contribution < 1.29 is 19.1 Å². The van der Waals surface area contributed by atoms with Gasteiger partial charge in [0.05, 0.1) is 6.07 Å². The monoisotopic (exact) mass is 183 g/mol. The summed E-state index contributed by atoms with van der Waals surface area (Å²) in [7, 11) is 0. The highest BCUT2D eigenvalue weighted by atomic mass is 16.6. The first-order chi connectivity index (χ1) is 6.20. The third-order valence-electron chi connectivity index (χ3n) is 0.937.